The normalized spacial score (nSPS) is 14.9. The minimum atomic E-state index is -0.343. The molecule has 0 saturated carbocycles. The Balaban J connectivity index is 1.29. The lowest BCUT2D eigenvalue weighted by Crippen LogP contribution is -2.38. The fourth-order valence-electron chi connectivity index (χ4n) is 3.53. The molecule has 0 radical (unpaired) electrons. The SMILES string of the molecule is CCc1ccc(NC(=O)CN2N=C(c3nc(-c4ccc5c(c4)OCO5)no3)CCC2=O)cc1. The van der Waals surface area contributed by atoms with Crippen molar-refractivity contribution < 1.29 is 23.6 Å². The zero-order valence-corrected chi connectivity index (χ0v) is 17.9. The van der Waals surface area contributed by atoms with Gasteiger partial charge in [-0.1, -0.05) is 24.2 Å². The molecule has 3 aromatic rings. The van der Waals surface area contributed by atoms with E-state index in [-0.39, 0.29) is 37.5 Å². The summed E-state index contributed by atoms with van der Waals surface area (Å²) in [7, 11) is 0. The molecule has 0 aliphatic carbocycles. The van der Waals surface area contributed by atoms with Gasteiger partial charge in [-0.2, -0.15) is 10.1 Å². The smallest absolute Gasteiger partial charge is 0.274 e. The number of hydrogen-bond donors (Lipinski definition) is 1. The van der Waals surface area contributed by atoms with Gasteiger partial charge in [0, 0.05) is 24.1 Å². The molecule has 2 aliphatic rings. The number of ether oxygens (including phenoxy) is 2. The van der Waals surface area contributed by atoms with Gasteiger partial charge in [0.15, 0.2) is 11.5 Å². The fraction of sp³-hybridized carbons (Fsp3) is 0.261. The van der Waals surface area contributed by atoms with E-state index in [2.05, 4.69) is 27.5 Å². The van der Waals surface area contributed by atoms with Crippen molar-refractivity contribution in [2.24, 2.45) is 5.10 Å². The number of aromatic nitrogens is 2. The van der Waals surface area contributed by atoms with Crippen molar-refractivity contribution in [3.63, 3.8) is 0 Å². The maximum absolute atomic E-state index is 12.5. The highest BCUT2D eigenvalue weighted by Crippen LogP contribution is 2.35. The van der Waals surface area contributed by atoms with Gasteiger partial charge in [-0.3, -0.25) is 9.59 Å². The van der Waals surface area contributed by atoms with E-state index in [1.54, 1.807) is 18.2 Å². The number of hydrazone groups is 1. The van der Waals surface area contributed by atoms with Crippen LogP contribution in [0.4, 0.5) is 5.69 Å². The van der Waals surface area contributed by atoms with E-state index in [1.165, 1.54) is 5.56 Å². The molecule has 1 aromatic heterocycles. The molecule has 10 nitrogen and oxygen atoms in total. The quantitative estimate of drug-likeness (QED) is 0.617. The Morgan fingerprint density at radius 2 is 1.91 bits per heavy atom. The predicted octanol–water partition coefficient (Wildman–Crippen LogP) is 2.99. The van der Waals surface area contributed by atoms with E-state index < -0.39 is 0 Å². The Labute approximate surface area is 189 Å². The Kier molecular flexibility index (Phi) is 5.47. The first-order valence-corrected chi connectivity index (χ1v) is 10.6. The summed E-state index contributed by atoms with van der Waals surface area (Å²) in [6.07, 6.45) is 1.46. The number of aryl methyl sites for hydroxylation is 1. The summed E-state index contributed by atoms with van der Waals surface area (Å²) < 4.78 is 16.1. The Bertz CT molecular complexity index is 1230. The number of nitrogens with zero attached hydrogens (tertiary/aromatic N) is 4. The van der Waals surface area contributed by atoms with Crippen LogP contribution < -0.4 is 14.8 Å². The standard InChI is InChI=1S/C23H21N5O5/c1-2-14-3-6-16(7-4-14)24-20(29)12-28-21(30)10-8-17(26-28)23-25-22(27-33-23)15-5-9-18-19(11-15)32-13-31-18/h3-7,9,11H,2,8,10,12-13H2,1H3,(H,24,29). The molecular formula is C23H21N5O5. The summed E-state index contributed by atoms with van der Waals surface area (Å²) in [6.45, 7) is 2.03. The monoisotopic (exact) mass is 447 g/mol. The Morgan fingerprint density at radius 3 is 2.73 bits per heavy atom. The highest BCUT2D eigenvalue weighted by atomic mass is 16.7. The summed E-state index contributed by atoms with van der Waals surface area (Å²) in [5.74, 6) is 1.25. The number of carbonyl (C=O) groups is 2. The van der Waals surface area contributed by atoms with Crippen LogP contribution in [0.5, 0.6) is 11.5 Å². The zero-order valence-electron chi connectivity index (χ0n) is 17.9. The van der Waals surface area contributed by atoms with Crippen LogP contribution in [-0.2, 0) is 16.0 Å². The molecule has 0 atom stereocenters. The second-order valence-electron chi connectivity index (χ2n) is 7.59. The minimum absolute atomic E-state index is 0.175. The third-order valence-electron chi connectivity index (χ3n) is 5.35. The number of benzene rings is 2. The van der Waals surface area contributed by atoms with Crippen molar-refractivity contribution >= 4 is 23.2 Å². The lowest BCUT2D eigenvalue weighted by molar-refractivity contribution is -0.135. The molecule has 1 N–H and O–H groups in total. The van der Waals surface area contributed by atoms with Crippen LogP contribution in [0.3, 0.4) is 0 Å². The van der Waals surface area contributed by atoms with Crippen LogP contribution >= 0.6 is 0 Å². The van der Waals surface area contributed by atoms with E-state index in [4.69, 9.17) is 14.0 Å². The minimum Gasteiger partial charge on any atom is -0.454 e. The number of rotatable bonds is 6. The fourth-order valence-corrected chi connectivity index (χ4v) is 3.53. The summed E-state index contributed by atoms with van der Waals surface area (Å²) in [6, 6.07) is 12.9. The maximum atomic E-state index is 12.5. The third-order valence-corrected chi connectivity index (χ3v) is 5.35. The topological polar surface area (TPSA) is 119 Å². The van der Waals surface area contributed by atoms with E-state index in [0.29, 0.717) is 40.7 Å². The second kappa shape index (κ2) is 8.73. The summed E-state index contributed by atoms with van der Waals surface area (Å²) in [5, 5.41) is 12.2. The van der Waals surface area contributed by atoms with Gasteiger partial charge in [-0.15, -0.1) is 0 Å². The molecule has 0 fully saturated rings. The molecule has 0 saturated heterocycles. The number of nitrogens with one attached hydrogen (secondary N) is 1. The molecule has 168 valence electrons. The number of anilines is 1. The molecule has 0 bridgehead atoms. The van der Waals surface area contributed by atoms with E-state index in [9.17, 15) is 9.59 Å². The van der Waals surface area contributed by atoms with Crippen molar-refractivity contribution in [2.75, 3.05) is 18.7 Å². The highest BCUT2D eigenvalue weighted by molar-refractivity contribution is 6.02. The van der Waals surface area contributed by atoms with Crippen LogP contribution in [0.1, 0.15) is 31.2 Å². The van der Waals surface area contributed by atoms with Crippen LogP contribution in [0.15, 0.2) is 52.1 Å². The molecule has 5 rings (SSSR count). The van der Waals surface area contributed by atoms with Gasteiger partial charge < -0.3 is 19.3 Å². The summed E-state index contributed by atoms with van der Waals surface area (Å²) in [5.41, 5.74) is 2.99. The molecule has 2 amide bonds. The molecule has 2 aliphatic heterocycles. The first kappa shape index (κ1) is 20.7. The average Bonchev–Trinajstić information content (AvgIpc) is 3.50. The van der Waals surface area contributed by atoms with Gasteiger partial charge in [-0.25, -0.2) is 5.01 Å². The van der Waals surface area contributed by atoms with Gasteiger partial charge >= 0.3 is 0 Å². The number of hydrogen-bond acceptors (Lipinski definition) is 8. The summed E-state index contributed by atoms with van der Waals surface area (Å²) >= 11 is 0. The number of amides is 2. The van der Waals surface area contributed by atoms with Gasteiger partial charge in [-0.05, 0) is 42.3 Å². The van der Waals surface area contributed by atoms with Gasteiger partial charge in [0.2, 0.25) is 24.4 Å². The maximum Gasteiger partial charge on any atom is 0.274 e. The Morgan fingerprint density at radius 1 is 1.09 bits per heavy atom. The van der Waals surface area contributed by atoms with Crippen molar-refractivity contribution in [1.82, 2.24) is 15.1 Å². The lowest BCUT2D eigenvalue weighted by atomic mass is 10.1. The lowest BCUT2D eigenvalue weighted by Gasteiger charge is -2.21. The van der Waals surface area contributed by atoms with E-state index in [0.717, 1.165) is 11.4 Å². The highest BCUT2D eigenvalue weighted by Gasteiger charge is 2.27. The molecular weight excluding hydrogens is 426 g/mol. The molecule has 10 heteroatoms. The van der Waals surface area contributed by atoms with Crippen LogP contribution in [-0.4, -0.2) is 46.0 Å². The van der Waals surface area contributed by atoms with Crippen molar-refractivity contribution in [1.29, 1.82) is 0 Å². The largest absolute Gasteiger partial charge is 0.454 e. The number of carbonyl (C=O) groups excluding carboxylic acids is 2. The average molecular weight is 447 g/mol. The van der Waals surface area contributed by atoms with Crippen molar-refractivity contribution in [3.8, 4) is 22.9 Å². The molecule has 3 heterocycles. The van der Waals surface area contributed by atoms with E-state index >= 15 is 0 Å². The van der Waals surface area contributed by atoms with E-state index in [1.807, 2.05) is 24.3 Å². The molecule has 0 unspecified atom stereocenters. The second-order valence-corrected chi connectivity index (χ2v) is 7.59. The van der Waals surface area contributed by atoms with Gasteiger partial charge in [0.25, 0.3) is 5.89 Å². The number of fused-ring (bicyclic) bond motifs is 1. The Hall–Kier alpha value is -4.21. The first-order chi connectivity index (χ1) is 16.1. The predicted molar refractivity (Wildman–Crippen MR) is 118 cm³/mol. The van der Waals surface area contributed by atoms with Gasteiger partial charge in [0.1, 0.15) is 12.3 Å². The van der Waals surface area contributed by atoms with Gasteiger partial charge in [0.05, 0.1) is 0 Å². The molecule has 33 heavy (non-hydrogen) atoms. The molecule has 2 aromatic carbocycles. The zero-order chi connectivity index (χ0) is 22.8. The summed E-state index contributed by atoms with van der Waals surface area (Å²) in [4.78, 5) is 29.2. The van der Waals surface area contributed by atoms with Crippen molar-refractivity contribution in [2.45, 2.75) is 26.2 Å². The van der Waals surface area contributed by atoms with Crippen molar-refractivity contribution in [3.05, 3.63) is 53.9 Å². The third kappa shape index (κ3) is 4.40. The molecule has 0 spiro atoms. The van der Waals surface area contributed by atoms with Crippen LogP contribution in [0.25, 0.3) is 11.4 Å². The first-order valence-electron chi connectivity index (χ1n) is 10.6. The van der Waals surface area contributed by atoms with Crippen LogP contribution in [0.2, 0.25) is 0 Å². The van der Waals surface area contributed by atoms with Crippen LogP contribution in [0, 0.1) is 0 Å².